The number of hydrogen-bond acceptors (Lipinski definition) is 5. The Bertz CT molecular complexity index is 1240. The van der Waals surface area contributed by atoms with Crippen LogP contribution >= 0.6 is 0 Å². The summed E-state index contributed by atoms with van der Waals surface area (Å²) in [5.74, 6) is -0.233. The number of imidazole rings is 1. The fourth-order valence-corrected chi connectivity index (χ4v) is 4.93. The molecule has 2 saturated carbocycles. The van der Waals surface area contributed by atoms with Crippen LogP contribution < -0.4 is 11.2 Å². The van der Waals surface area contributed by atoms with Gasteiger partial charge in [-0.3, -0.25) is 9.59 Å². The molecular formula is C26H31F3N6O3. The number of alkyl halides is 3. The number of carbonyl (C=O) groups excluding carboxylic acids is 2. The molecule has 1 saturated heterocycles. The maximum Gasteiger partial charge on any atom is 0.416 e. The predicted octanol–water partition coefficient (Wildman–Crippen LogP) is 3.47. The number of aryl methyl sites for hydroxylation is 1. The van der Waals surface area contributed by atoms with Crippen LogP contribution in [0.4, 0.5) is 13.2 Å². The van der Waals surface area contributed by atoms with Crippen LogP contribution in [0, 0.1) is 12.8 Å². The van der Waals surface area contributed by atoms with Gasteiger partial charge in [0.1, 0.15) is 17.6 Å². The third-order valence-corrected chi connectivity index (χ3v) is 7.27. The molecule has 12 heteroatoms. The van der Waals surface area contributed by atoms with E-state index in [4.69, 9.17) is 10.5 Å². The number of carbonyl (C=O) groups is 2. The molecule has 38 heavy (non-hydrogen) atoms. The Morgan fingerprint density at radius 1 is 1.21 bits per heavy atom. The number of ether oxygens (including phenoxy) is 1. The summed E-state index contributed by atoms with van der Waals surface area (Å²) in [4.78, 5) is 32.1. The normalized spacial score (nSPS) is 22.3. The maximum atomic E-state index is 13.4. The third-order valence-electron chi connectivity index (χ3n) is 7.27. The van der Waals surface area contributed by atoms with Gasteiger partial charge in [-0.25, -0.2) is 10.4 Å². The number of amides is 2. The molecule has 204 valence electrons. The summed E-state index contributed by atoms with van der Waals surface area (Å²) in [7, 11) is 0. The number of aromatic nitrogens is 2. The third kappa shape index (κ3) is 5.85. The highest BCUT2D eigenvalue weighted by Gasteiger charge is 2.41. The number of rotatable bonds is 8. The summed E-state index contributed by atoms with van der Waals surface area (Å²) in [6.45, 7) is 2.78. The van der Waals surface area contributed by atoms with Crippen LogP contribution in [0.2, 0.25) is 0 Å². The van der Waals surface area contributed by atoms with Gasteiger partial charge in [-0.05, 0) is 63.1 Å². The van der Waals surface area contributed by atoms with Gasteiger partial charge in [-0.1, -0.05) is 6.07 Å². The zero-order chi connectivity index (χ0) is 27.0. The molecule has 2 amide bonds. The van der Waals surface area contributed by atoms with Crippen molar-refractivity contribution in [3.8, 4) is 0 Å². The van der Waals surface area contributed by atoms with Crippen LogP contribution in [0.5, 0.6) is 0 Å². The van der Waals surface area contributed by atoms with Crippen molar-refractivity contribution in [2.75, 3.05) is 6.61 Å². The lowest BCUT2D eigenvalue weighted by atomic mass is 9.99. The molecule has 9 nitrogen and oxygen atoms in total. The molecule has 2 aliphatic carbocycles. The Balaban J connectivity index is 1.27. The number of halogens is 3. The Labute approximate surface area is 218 Å². The first-order chi connectivity index (χ1) is 18.1. The van der Waals surface area contributed by atoms with Crippen molar-refractivity contribution in [2.24, 2.45) is 16.8 Å². The molecule has 3 fully saturated rings. The Kier molecular flexibility index (Phi) is 7.17. The average Bonchev–Trinajstić information content (AvgIpc) is 3.83. The molecule has 2 atom stereocenters. The monoisotopic (exact) mass is 532 g/mol. The quantitative estimate of drug-likeness (QED) is 0.307. The van der Waals surface area contributed by atoms with Crippen LogP contribution in [-0.4, -0.2) is 56.9 Å². The van der Waals surface area contributed by atoms with Gasteiger partial charge in [0.15, 0.2) is 0 Å². The SMILES string of the molecule is Cc1ncn(CC2CC2)c1C(=O)NN=C(N)[C@@H]1C[C@H](N(C(=O)c2cccc(C(F)(F)F)c2)C2CC2)CCO1. The molecule has 2 heterocycles. The number of nitrogens with zero attached hydrogens (tertiary/aromatic N) is 4. The van der Waals surface area contributed by atoms with Crippen LogP contribution in [0.15, 0.2) is 35.7 Å². The molecule has 0 unspecified atom stereocenters. The topological polar surface area (TPSA) is 115 Å². The lowest BCUT2D eigenvalue weighted by molar-refractivity contribution is -0.137. The zero-order valence-corrected chi connectivity index (χ0v) is 21.1. The largest absolute Gasteiger partial charge is 0.416 e. The van der Waals surface area contributed by atoms with Gasteiger partial charge >= 0.3 is 6.18 Å². The second-order valence-corrected chi connectivity index (χ2v) is 10.3. The standard InChI is InChI=1S/C26H31F3N6O3/c1-15-22(34(14-31-15)13-16-5-6-16)24(36)33-32-23(30)21-12-20(9-10-38-21)35(19-7-8-19)25(37)17-3-2-4-18(11-17)26(27,28)29/h2-4,11,14,16,19-21H,5-10,12-13H2,1H3,(H2,30,32)(H,33,36)/t20-,21+/m1/s1. The zero-order valence-electron chi connectivity index (χ0n) is 21.1. The molecule has 0 radical (unpaired) electrons. The van der Waals surface area contributed by atoms with E-state index < -0.39 is 29.7 Å². The van der Waals surface area contributed by atoms with E-state index in [9.17, 15) is 22.8 Å². The highest BCUT2D eigenvalue weighted by atomic mass is 19.4. The number of amidine groups is 1. The van der Waals surface area contributed by atoms with Crippen LogP contribution in [0.1, 0.15) is 70.6 Å². The summed E-state index contributed by atoms with van der Waals surface area (Å²) in [6.07, 6.45) is 1.17. The van der Waals surface area contributed by atoms with Crippen molar-refractivity contribution < 1.29 is 27.5 Å². The molecule has 3 aliphatic rings. The molecule has 2 aromatic rings. The summed E-state index contributed by atoms with van der Waals surface area (Å²) >= 11 is 0. The van der Waals surface area contributed by atoms with Crippen molar-refractivity contribution in [3.05, 3.63) is 53.1 Å². The second kappa shape index (κ2) is 10.4. The number of hydrazone groups is 1. The molecule has 3 N–H and O–H groups in total. The number of nitrogens with two attached hydrogens (primary N) is 1. The van der Waals surface area contributed by atoms with E-state index in [0.29, 0.717) is 36.8 Å². The molecule has 0 spiro atoms. The van der Waals surface area contributed by atoms with Crippen LogP contribution in [-0.2, 0) is 17.5 Å². The molecular weight excluding hydrogens is 501 g/mol. The van der Waals surface area contributed by atoms with Crippen molar-refractivity contribution >= 4 is 17.6 Å². The van der Waals surface area contributed by atoms with E-state index in [1.807, 2.05) is 4.57 Å². The van der Waals surface area contributed by atoms with Crippen LogP contribution in [0.25, 0.3) is 0 Å². The van der Waals surface area contributed by atoms with Gasteiger partial charge in [0.25, 0.3) is 11.8 Å². The van der Waals surface area contributed by atoms with Crippen molar-refractivity contribution in [1.82, 2.24) is 19.9 Å². The van der Waals surface area contributed by atoms with E-state index in [1.54, 1.807) is 18.2 Å². The van der Waals surface area contributed by atoms with Gasteiger partial charge in [-0.15, -0.1) is 0 Å². The lowest BCUT2D eigenvalue weighted by Crippen LogP contribution is -2.50. The highest BCUT2D eigenvalue weighted by molar-refractivity contribution is 5.96. The van der Waals surface area contributed by atoms with E-state index in [2.05, 4.69) is 15.5 Å². The van der Waals surface area contributed by atoms with Gasteiger partial charge in [0.05, 0.1) is 17.6 Å². The average molecular weight is 533 g/mol. The molecule has 1 aromatic carbocycles. The summed E-state index contributed by atoms with van der Waals surface area (Å²) in [5.41, 5.74) is 8.86. The predicted molar refractivity (Wildman–Crippen MR) is 132 cm³/mol. The molecule has 5 rings (SSSR count). The maximum absolute atomic E-state index is 13.4. The van der Waals surface area contributed by atoms with Crippen LogP contribution in [0.3, 0.4) is 0 Å². The summed E-state index contributed by atoms with van der Waals surface area (Å²) < 4.78 is 47.3. The Morgan fingerprint density at radius 2 is 1.97 bits per heavy atom. The summed E-state index contributed by atoms with van der Waals surface area (Å²) in [6, 6.07) is 4.19. The van der Waals surface area contributed by atoms with E-state index in [0.717, 1.165) is 44.4 Å². The minimum Gasteiger partial charge on any atom is -0.384 e. The fourth-order valence-electron chi connectivity index (χ4n) is 4.93. The molecule has 1 aliphatic heterocycles. The minimum atomic E-state index is -4.53. The minimum absolute atomic E-state index is 0.00171. The smallest absolute Gasteiger partial charge is 0.384 e. The fraction of sp³-hybridized carbons (Fsp3) is 0.538. The van der Waals surface area contributed by atoms with Gasteiger partial charge in [0.2, 0.25) is 0 Å². The van der Waals surface area contributed by atoms with Crippen molar-refractivity contribution in [1.29, 1.82) is 0 Å². The van der Waals surface area contributed by atoms with Crippen molar-refractivity contribution in [2.45, 2.75) is 76.4 Å². The lowest BCUT2D eigenvalue weighted by Gasteiger charge is -2.37. The first-order valence-corrected chi connectivity index (χ1v) is 12.9. The summed E-state index contributed by atoms with van der Waals surface area (Å²) in [5, 5.41) is 4.08. The Morgan fingerprint density at radius 3 is 2.66 bits per heavy atom. The number of hydrogen-bond donors (Lipinski definition) is 2. The van der Waals surface area contributed by atoms with E-state index in [1.165, 1.54) is 12.1 Å². The first kappa shape index (κ1) is 26.2. The Hall–Kier alpha value is -3.41. The van der Waals surface area contributed by atoms with E-state index >= 15 is 0 Å². The van der Waals surface area contributed by atoms with E-state index in [-0.39, 0.29) is 23.5 Å². The molecule has 0 bridgehead atoms. The molecule has 1 aromatic heterocycles. The van der Waals surface area contributed by atoms with Crippen molar-refractivity contribution in [3.63, 3.8) is 0 Å². The van der Waals surface area contributed by atoms with Gasteiger partial charge in [-0.2, -0.15) is 18.3 Å². The van der Waals surface area contributed by atoms with Gasteiger partial charge < -0.3 is 19.9 Å². The highest BCUT2D eigenvalue weighted by Crippen LogP contribution is 2.35. The van der Waals surface area contributed by atoms with Gasteiger partial charge in [0, 0.05) is 37.2 Å². The number of nitrogens with one attached hydrogen (secondary N) is 1. The second-order valence-electron chi connectivity index (χ2n) is 10.3. The number of benzene rings is 1. The first-order valence-electron chi connectivity index (χ1n) is 12.9.